The van der Waals surface area contributed by atoms with Gasteiger partial charge in [-0.05, 0) is 18.4 Å². The first kappa shape index (κ1) is 18.5. The molecule has 0 amide bonds. The Morgan fingerprint density at radius 2 is 2.08 bits per heavy atom. The number of rotatable bonds is 5. The van der Waals surface area contributed by atoms with Crippen LogP contribution in [0.3, 0.4) is 0 Å². The van der Waals surface area contributed by atoms with Gasteiger partial charge in [0.05, 0.1) is 13.7 Å². The van der Waals surface area contributed by atoms with E-state index >= 15 is 0 Å². The molecule has 0 aliphatic carbocycles. The molecule has 8 heteroatoms. The first-order valence-electron chi connectivity index (χ1n) is 7.51. The van der Waals surface area contributed by atoms with Crippen LogP contribution in [0.1, 0.15) is 35.3 Å². The van der Waals surface area contributed by atoms with Gasteiger partial charge < -0.3 is 9.47 Å². The fourth-order valence-electron chi connectivity index (χ4n) is 2.05. The number of hydrogen-bond donors (Lipinski definition) is 0. The van der Waals surface area contributed by atoms with Crippen molar-refractivity contribution in [3.8, 4) is 11.1 Å². The molecule has 0 radical (unpaired) electrons. The molecule has 0 atom stereocenters. The fraction of sp³-hybridized carbons (Fsp3) is 0.438. The van der Waals surface area contributed by atoms with Crippen molar-refractivity contribution in [2.45, 2.75) is 27.2 Å². The van der Waals surface area contributed by atoms with Gasteiger partial charge in [0.2, 0.25) is 0 Å². The number of thiophene rings is 1. The van der Waals surface area contributed by atoms with Gasteiger partial charge in [0.15, 0.2) is 5.15 Å². The standard InChI is InChI=1S/C16H19ClN2O4S/c1-5-12-10(6-13(24-12)15(20)22-4)11-7-19(18-14(11)17)16(21)23-8-9(2)3/h6-7,9H,5,8H2,1-4H3. The summed E-state index contributed by atoms with van der Waals surface area (Å²) in [7, 11) is 1.34. The van der Waals surface area contributed by atoms with E-state index in [1.54, 1.807) is 6.07 Å². The summed E-state index contributed by atoms with van der Waals surface area (Å²) in [6.07, 6.45) is 1.65. The van der Waals surface area contributed by atoms with Crippen molar-refractivity contribution in [3.63, 3.8) is 0 Å². The Balaban J connectivity index is 2.34. The Hall–Kier alpha value is -1.86. The second kappa shape index (κ2) is 7.81. The highest BCUT2D eigenvalue weighted by Crippen LogP contribution is 2.36. The third-order valence-electron chi connectivity index (χ3n) is 3.20. The van der Waals surface area contributed by atoms with Crippen molar-refractivity contribution in [3.05, 3.63) is 27.2 Å². The van der Waals surface area contributed by atoms with Gasteiger partial charge in [-0.1, -0.05) is 32.4 Å². The summed E-state index contributed by atoms with van der Waals surface area (Å²) in [4.78, 5) is 25.2. The van der Waals surface area contributed by atoms with Crippen LogP contribution in [0, 0.1) is 5.92 Å². The van der Waals surface area contributed by atoms with Crippen molar-refractivity contribution < 1.29 is 19.1 Å². The van der Waals surface area contributed by atoms with Gasteiger partial charge >= 0.3 is 12.1 Å². The lowest BCUT2D eigenvalue weighted by molar-refractivity contribution is 0.0606. The van der Waals surface area contributed by atoms with E-state index in [9.17, 15) is 9.59 Å². The Morgan fingerprint density at radius 1 is 1.38 bits per heavy atom. The zero-order valence-electron chi connectivity index (χ0n) is 14.0. The van der Waals surface area contributed by atoms with Gasteiger partial charge in [-0.2, -0.15) is 4.68 Å². The maximum Gasteiger partial charge on any atom is 0.434 e. The quantitative estimate of drug-likeness (QED) is 0.735. The minimum absolute atomic E-state index is 0.181. The molecule has 24 heavy (non-hydrogen) atoms. The summed E-state index contributed by atoms with van der Waals surface area (Å²) < 4.78 is 11.0. The number of halogens is 1. The summed E-state index contributed by atoms with van der Waals surface area (Å²) in [6, 6.07) is 1.71. The SMILES string of the molecule is CCc1sc(C(=O)OC)cc1-c1cn(C(=O)OCC(C)C)nc1Cl. The molecule has 2 rings (SSSR count). The molecule has 0 N–H and O–H groups in total. The lowest BCUT2D eigenvalue weighted by atomic mass is 10.1. The third kappa shape index (κ3) is 3.96. The largest absolute Gasteiger partial charge is 0.465 e. The molecule has 0 fully saturated rings. The lowest BCUT2D eigenvalue weighted by Gasteiger charge is -2.05. The van der Waals surface area contributed by atoms with E-state index in [0.29, 0.717) is 17.0 Å². The first-order valence-corrected chi connectivity index (χ1v) is 8.70. The Kier molecular flexibility index (Phi) is 6.01. The van der Waals surface area contributed by atoms with E-state index in [4.69, 9.17) is 21.1 Å². The molecular formula is C16H19ClN2O4S. The predicted molar refractivity (Wildman–Crippen MR) is 92.9 cm³/mol. The topological polar surface area (TPSA) is 70.4 Å². The maximum atomic E-state index is 12.0. The summed E-state index contributed by atoms with van der Waals surface area (Å²) in [5.41, 5.74) is 1.36. The van der Waals surface area contributed by atoms with Crippen molar-refractivity contribution in [1.29, 1.82) is 0 Å². The maximum absolute atomic E-state index is 12.0. The molecule has 0 saturated heterocycles. The number of carbonyl (C=O) groups is 2. The minimum atomic E-state index is -0.585. The minimum Gasteiger partial charge on any atom is -0.465 e. The van der Waals surface area contributed by atoms with Gasteiger partial charge in [0.1, 0.15) is 4.88 Å². The molecule has 6 nitrogen and oxygen atoms in total. The highest BCUT2D eigenvalue weighted by atomic mass is 35.5. The van der Waals surface area contributed by atoms with Gasteiger partial charge in [0.25, 0.3) is 0 Å². The van der Waals surface area contributed by atoms with Gasteiger partial charge in [-0.15, -0.1) is 16.4 Å². The lowest BCUT2D eigenvalue weighted by Crippen LogP contribution is -2.16. The van der Waals surface area contributed by atoms with Crippen molar-refractivity contribution in [2.75, 3.05) is 13.7 Å². The molecule has 2 heterocycles. The van der Waals surface area contributed by atoms with E-state index in [-0.39, 0.29) is 11.1 Å². The van der Waals surface area contributed by atoms with Crippen LogP contribution < -0.4 is 0 Å². The Morgan fingerprint density at radius 3 is 2.67 bits per heavy atom. The Bertz CT molecular complexity index is 751. The summed E-state index contributed by atoms with van der Waals surface area (Å²) in [5, 5.41) is 4.19. The number of hydrogen-bond acceptors (Lipinski definition) is 6. The normalized spacial score (nSPS) is 10.9. The average Bonchev–Trinajstić information content (AvgIpc) is 3.14. The fourth-order valence-corrected chi connectivity index (χ4v) is 3.32. The number of ether oxygens (including phenoxy) is 2. The number of esters is 1. The van der Waals surface area contributed by atoms with Crippen LogP contribution in [0.25, 0.3) is 11.1 Å². The summed E-state index contributed by atoms with van der Waals surface area (Å²) in [5.74, 6) is -0.175. The van der Waals surface area contributed by atoms with E-state index in [0.717, 1.165) is 21.5 Å². The summed E-state index contributed by atoms with van der Waals surface area (Å²) in [6.45, 7) is 6.17. The highest BCUT2D eigenvalue weighted by Gasteiger charge is 2.21. The van der Waals surface area contributed by atoms with Crippen molar-refractivity contribution in [1.82, 2.24) is 9.78 Å². The molecule has 2 aromatic rings. The number of aryl methyl sites for hydroxylation is 1. The molecule has 0 aromatic carbocycles. The summed E-state index contributed by atoms with van der Waals surface area (Å²) >= 11 is 7.53. The number of carbonyl (C=O) groups excluding carboxylic acids is 2. The van der Waals surface area contributed by atoms with Crippen LogP contribution >= 0.6 is 22.9 Å². The molecule has 0 aliphatic rings. The highest BCUT2D eigenvalue weighted by molar-refractivity contribution is 7.14. The molecule has 130 valence electrons. The average molecular weight is 371 g/mol. The van der Waals surface area contributed by atoms with Crippen molar-refractivity contribution in [2.24, 2.45) is 5.92 Å². The number of methoxy groups -OCH3 is 1. The monoisotopic (exact) mass is 370 g/mol. The molecule has 0 aliphatic heterocycles. The van der Waals surface area contributed by atoms with Crippen LogP contribution in [0.5, 0.6) is 0 Å². The van der Waals surface area contributed by atoms with E-state index in [1.807, 2.05) is 20.8 Å². The molecule has 0 saturated carbocycles. The number of nitrogens with zero attached hydrogens (tertiary/aromatic N) is 2. The molecule has 0 spiro atoms. The van der Waals surface area contributed by atoms with E-state index in [2.05, 4.69) is 5.10 Å². The second-order valence-corrected chi connectivity index (χ2v) is 7.04. The third-order valence-corrected chi connectivity index (χ3v) is 4.74. The second-order valence-electron chi connectivity index (χ2n) is 5.54. The van der Waals surface area contributed by atoms with E-state index < -0.39 is 12.1 Å². The number of aromatic nitrogens is 2. The van der Waals surface area contributed by atoms with Gasteiger partial charge in [-0.3, -0.25) is 0 Å². The Labute approximate surface area is 149 Å². The van der Waals surface area contributed by atoms with Crippen molar-refractivity contribution >= 4 is 35.0 Å². The van der Waals surface area contributed by atoms with Crippen LogP contribution in [-0.4, -0.2) is 35.6 Å². The van der Waals surface area contributed by atoms with Crippen LogP contribution in [0.15, 0.2) is 12.3 Å². The molecular weight excluding hydrogens is 352 g/mol. The zero-order valence-corrected chi connectivity index (χ0v) is 15.5. The van der Waals surface area contributed by atoms with Gasteiger partial charge in [0, 0.05) is 22.2 Å². The predicted octanol–water partition coefficient (Wildman–Crippen LogP) is 4.25. The van der Waals surface area contributed by atoms with Crippen LogP contribution in [0.2, 0.25) is 5.15 Å². The zero-order chi connectivity index (χ0) is 17.9. The molecule has 0 bridgehead atoms. The molecule has 0 unspecified atom stereocenters. The van der Waals surface area contributed by atoms with Gasteiger partial charge in [-0.25, -0.2) is 9.59 Å². The smallest absolute Gasteiger partial charge is 0.434 e. The van der Waals surface area contributed by atoms with Crippen LogP contribution in [-0.2, 0) is 15.9 Å². The molecule has 2 aromatic heterocycles. The first-order chi connectivity index (χ1) is 11.4. The van der Waals surface area contributed by atoms with E-state index in [1.165, 1.54) is 24.6 Å². The van der Waals surface area contributed by atoms with Crippen LogP contribution in [0.4, 0.5) is 4.79 Å².